The van der Waals surface area contributed by atoms with E-state index >= 15 is 0 Å². The third-order valence-electron chi connectivity index (χ3n) is 6.67. The third-order valence-corrected chi connectivity index (χ3v) is 6.67. The number of piperidine rings is 1. The van der Waals surface area contributed by atoms with E-state index in [0.717, 1.165) is 58.4 Å². The number of aryl methyl sites for hydroxylation is 1. The summed E-state index contributed by atoms with van der Waals surface area (Å²) >= 11 is 0. The van der Waals surface area contributed by atoms with Gasteiger partial charge in [0.1, 0.15) is 5.65 Å². The molecular formula is C24H27N9. The van der Waals surface area contributed by atoms with Gasteiger partial charge in [-0.1, -0.05) is 0 Å². The van der Waals surface area contributed by atoms with Crippen molar-refractivity contribution in [2.75, 3.05) is 32.0 Å². The molecule has 0 amide bonds. The van der Waals surface area contributed by atoms with Gasteiger partial charge in [-0.05, 0) is 56.6 Å². The van der Waals surface area contributed by atoms with Crippen molar-refractivity contribution >= 4 is 22.5 Å². The molecule has 33 heavy (non-hydrogen) atoms. The molecule has 6 heterocycles. The average molecular weight is 442 g/mol. The van der Waals surface area contributed by atoms with Crippen LogP contribution in [0.3, 0.4) is 0 Å². The summed E-state index contributed by atoms with van der Waals surface area (Å²) in [4.78, 5) is 15.0. The second-order valence-corrected chi connectivity index (χ2v) is 8.99. The first-order chi connectivity index (χ1) is 16.1. The van der Waals surface area contributed by atoms with Gasteiger partial charge in [-0.2, -0.15) is 15.2 Å². The van der Waals surface area contributed by atoms with Crippen LogP contribution >= 0.6 is 0 Å². The Labute approximate surface area is 191 Å². The van der Waals surface area contributed by atoms with Crippen LogP contribution in [0.4, 0.5) is 5.95 Å². The number of rotatable bonds is 5. The average Bonchev–Trinajstić information content (AvgIpc) is 3.55. The number of pyridine rings is 1. The van der Waals surface area contributed by atoms with E-state index in [-0.39, 0.29) is 0 Å². The molecule has 0 bridgehead atoms. The van der Waals surface area contributed by atoms with Gasteiger partial charge in [0.15, 0.2) is 0 Å². The summed E-state index contributed by atoms with van der Waals surface area (Å²) in [6.07, 6.45) is 14.1. The fourth-order valence-corrected chi connectivity index (χ4v) is 4.66. The lowest BCUT2D eigenvalue weighted by Crippen LogP contribution is -2.33. The number of nitrogens with one attached hydrogen (secondary N) is 2. The van der Waals surface area contributed by atoms with Crippen LogP contribution in [0.15, 0.2) is 49.3 Å². The highest BCUT2D eigenvalue weighted by Crippen LogP contribution is 2.31. The maximum Gasteiger partial charge on any atom is 0.224 e. The highest BCUT2D eigenvalue weighted by molar-refractivity contribution is 5.95. The maximum atomic E-state index is 4.72. The summed E-state index contributed by atoms with van der Waals surface area (Å²) in [5.41, 5.74) is 6.15. The maximum absolute atomic E-state index is 4.72. The Morgan fingerprint density at radius 3 is 2.76 bits per heavy atom. The number of aromatic amines is 1. The fourth-order valence-electron chi connectivity index (χ4n) is 4.66. The summed E-state index contributed by atoms with van der Waals surface area (Å²) in [7, 11) is 4.11. The van der Waals surface area contributed by atoms with E-state index in [2.05, 4.69) is 49.6 Å². The largest absolute Gasteiger partial charge is 0.354 e. The van der Waals surface area contributed by atoms with Gasteiger partial charge in [-0.3, -0.25) is 4.68 Å². The van der Waals surface area contributed by atoms with Crippen LogP contribution in [0, 0.1) is 5.92 Å². The number of likely N-dealkylation sites (tertiary alicyclic amines) is 1. The Morgan fingerprint density at radius 1 is 1.06 bits per heavy atom. The molecule has 9 nitrogen and oxygen atoms in total. The molecule has 5 aromatic heterocycles. The molecule has 1 aliphatic rings. The predicted octanol–water partition coefficient (Wildman–Crippen LogP) is 3.43. The topological polar surface area (TPSA) is 92.0 Å². The van der Waals surface area contributed by atoms with E-state index in [4.69, 9.17) is 4.98 Å². The zero-order chi connectivity index (χ0) is 22.4. The summed E-state index contributed by atoms with van der Waals surface area (Å²) < 4.78 is 3.69. The fraction of sp³-hybridized carbons (Fsp3) is 0.333. The predicted molar refractivity (Wildman–Crippen MR) is 129 cm³/mol. The molecule has 0 aromatic carbocycles. The van der Waals surface area contributed by atoms with Crippen molar-refractivity contribution in [3.63, 3.8) is 0 Å². The molecule has 1 fully saturated rings. The first-order valence-electron chi connectivity index (χ1n) is 11.4. The number of fused-ring (bicyclic) bond motifs is 2. The molecule has 0 saturated carbocycles. The second-order valence-electron chi connectivity index (χ2n) is 8.99. The SMILES string of the molecule is CN1CCC(CNc2ncc3c(-c4ccn5ncc(-c6cnn(C)c6)c5c4)c[nH]c3n2)CC1. The molecule has 1 aliphatic heterocycles. The molecule has 0 unspecified atom stereocenters. The quantitative estimate of drug-likeness (QED) is 0.434. The number of hydrogen-bond acceptors (Lipinski definition) is 6. The van der Waals surface area contributed by atoms with Crippen molar-refractivity contribution in [3.8, 4) is 22.3 Å². The summed E-state index contributed by atoms with van der Waals surface area (Å²) in [5.74, 6) is 1.36. The minimum absolute atomic E-state index is 0.677. The van der Waals surface area contributed by atoms with Gasteiger partial charge in [0.2, 0.25) is 5.95 Å². The minimum Gasteiger partial charge on any atom is -0.354 e. The molecule has 0 aliphatic carbocycles. The van der Waals surface area contributed by atoms with Crippen molar-refractivity contribution < 1.29 is 0 Å². The first-order valence-corrected chi connectivity index (χ1v) is 11.4. The van der Waals surface area contributed by atoms with E-state index in [0.29, 0.717) is 11.9 Å². The van der Waals surface area contributed by atoms with Gasteiger partial charge in [-0.25, -0.2) is 9.50 Å². The van der Waals surface area contributed by atoms with Crippen molar-refractivity contribution in [3.05, 3.63) is 49.3 Å². The van der Waals surface area contributed by atoms with E-state index in [9.17, 15) is 0 Å². The lowest BCUT2D eigenvalue weighted by molar-refractivity contribution is 0.226. The molecule has 0 atom stereocenters. The van der Waals surface area contributed by atoms with Crippen molar-refractivity contribution in [1.29, 1.82) is 0 Å². The molecule has 2 N–H and O–H groups in total. The van der Waals surface area contributed by atoms with Crippen LogP contribution in [-0.4, -0.2) is 65.9 Å². The first kappa shape index (κ1) is 19.9. The van der Waals surface area contributed by atoms with E-state index < -0.39 is 0 Å². The summed E-state index contributed by atoms with van der Waals surface area (Å²) in [6, 6.07) is 4.23. The third kappa shape index (κ3) is 3.74. The standard InChI is InChI=1S/C24H27N9/c1-31-6-3-16(4-7-31)10-26-24-27-13-21-19(12-25-23(21)30-24)17-5-8-33-22(9-17)20(14-29-33)18-11-28-32(2)15-18/h5,8-9,11-16H,3-4,6-7,10H2,1-2H3,(H2,25,26,27,30). The van der Waals surface area contributed by atoms with Crippen LogP contribution in [0.5, 0.6) is 0 Å². The second kappa shape index (κ2) is 8.00. The van der Waals surface area contributed by atoms with E-state index in [1.807, 2.05) is 48.7 Å². The van der Waals surface area contributed by atoms with Crippen molar-refractivity contribution in [2.24, 2.45) is 13.0 Å². The summed E-state index contributed by atoms with van der Waals surface area (Å²) in [6.45, 7) is 3.24. The van der Waals surface area contributed by atoms with Gasteiger partial charge >= 0.3 is 0 Å². The summed E-state index contributed by atoms with van der Waals surface area (Å²) in [5, 5.41) is 13.2. The van der Waals surface area contributed by atoms with Gasteiger partial charge in [0.25, 0.3) is 0 Å². The Bertz CT molecular complexity index is 1420. The minimum atomic E-state index is 0.677. The molecule has 1 saturated heterocycles. The monoisotopic (exact) mass is 441 g/mol. The van der Waals surface area contributed by atoms with Crippen molar-refractivity contribution in [1.82, 2.24) is 39.2 Å². The zero-order valence-corrected chi connectivity index (χ0v) is 18.9. The lowest BCUT2D eigenvalue weighted by atomic mass is 9.97. The molecule has 0 radical (unpaired) electrons. The van der Waals surface area contributed by atoms with Crippen LogP contribution in [0.25, 0.3) is 38.8 Å². The molecule has 6 rings (SSSR count). The van der Waals surface area contributed by atoms with Gasteiger partial charge < -0.3 is 15.2 Å². The Kier molecular flexibility index (Phi) is 4.83. The number of aromatic nitrogens is 7. The molecule has 0 spiro atoms. The van der Waals surface area contributed by atoms with Gasteiger partial charge in [0.05, 0.1) is 17.9 Å². The molecule has 9 heteroatoms. The van der Waals surface area contributed by atoms with E-state index in [1.54, 1.807) is 4.68 Å². The number of nitrogens with zero attached hydrogens (tertiary/aromatic N) is 7. The number of H-pyrrole nitrogens is 1. The molecule has 5 aromatic rings. The van der Waals surface area contributed by atoms with Gasteiger partial charge in [-0.15, -0.1) is 0 Å². The normalized spacial score (nSPS) is 15.6. The van der Waals surface area contributed by atoms with E-state index in [1.165, 1.54) is 12.8 Å². The van der Waals surface area contributed by atoms with Gasteiger partial charge in [0, 0.05) is 60.5 Å². The highest BCUT2D eigenvalue weighted by Gasteiger charge is 2.17. The molecule has 168 valence electrons. The molecular weight excluding hydrogens is 414 g/mol. The Hall–Kier alpha value is -3.72. The van der Waals surface area contributed by atoms with Crippen LogP contribution in [0.2, 0.25) is 0 Å². The lowest BCUT2D eigenvalue weighted by Gasteiger charge is -2.28. The Balaban J connectivity index is 1.27. The van der Waals surface area contributed by atoms with Crippen LogP contribution in [-0.2, 0) is 7.05 Å². The highest BCUT2D eigenvalue weighted by atomic mass is 15.2. The van der Waals surface area contributed by atoms with Crippen LogP contribution in [0.1, 0.15) is 12.8 Å². The Morgan fingerprint density at radius 2 is 1.94 bits per heavy atom. The smallest absolute Gasteiger partial charge is 0.224 e. The zero-order valence-electron chi connectivity index (χ0n) is 18.9. The number of hydrogen-bond donors (Lipinski definition) is 2. The number of anilines is 1. The van der Waals surface area contributed by atoms with Crippen LogP contribution < -0.4 is 5.32 Å². The van der Waals surface area contributed by atoms with Crippen molar-refractivity contribution in [2.45, 2.75) is 12.8 Å².